The maximum Gasteiger partial charge on any atom is 0.270 e. The zero-order valence-corrected chi connectivity index (χ0v) is 17.2. The minimum atomic E-state index is -0.426. The maximum atomic E-state index is 11.0. The summed E-state index contributed by atoms with van der Waals surface area (Å²) in [5.41, 5.74) is 1.99. The molecule has 0 aliphatic carbocycles. The first-order valence-corrected chi connectivity index (χ1v) is 9.75. The second kappa shape index (κ2) is 10.5. The van der Waals surface area contributed by atoms with Crippen molar-refractivity contribution in [2.75, 3.05) is 40.5 Å². The Kier molecular flexibility index (Phi) is 7.53. The van der Waals surface area contributed by atoms with Crippen LogP contribution in [0.5, 0.6) is 5.88 Å². The average molecular weight is 410 g/mol. The van der Waals surface area contributed by atoms with Crippen molar-refractivity contribution in [1.82, 2.24) is 14.7 Å². The summed E-state index contributed by atoms with van der Waals surface area (Å²) in [7, 11) is 3.56. The molecular formula is C22H26N4O4. The van der Waals surface area contributed by atoms with Gasteiger partial charge in [-0.2, -0.15) is 0 Å². The van der Waals surface area contributed by atoms with Gasteiger partial charge in [0, 0.05) is 25.2 Å². The van der Waals surface area contributed by atoms with Gasteiger partial charge in [0.2, 0.25) is 5.88 Å². The van der Waals surface area contributed by atoms with E-state index in [1.807, 2.05) is 18.2 Å². The molecule has 0 saturated heterocycles. The number of hydrogen-bond donors (Lipinski definition) is 0. The van der Waals surface area contributed by atoms with Crippen LogP contribution in [0.25, 0.3) is 17.0 Å². The molecule has 1 heterocycles. The van der Waals surface area contributed by atoms with E-state index in [1.165, 1.54) is 24.8 Å². The van der Waals surface area contributed by atoms with Gasteiger partial charge in [-0.1, -0.05) is 42.5 Å². The molecule has 30 heavy (non-hydrogen) atoms. The van der Waals surface area contributed by atoms with Crippen molar-refractivity contribution >= 4 is 22.7 Å². The van der Waals surface area contributed by atoms with Gasteiger partial charge >= 0.3 is 0 Å². The van der Waals surface area contributed by atoms with E-state index < -0.39 is 4.92 Å². The zero-order valence-electron chi connectivity index (χ0n) is 17.2. The Morgan fingerprint density at radius 1 is 1.20 bits per heavy atom. The second-order valence-corrected chi connectivity index (χ2v) is 6.88. The highest BCUT2D eigenvalue weighted by molar-refractivity contribution is 5.86. The SMILES string of the molecule is COc1nn(CCOCCN(C)C/C=C/c2ccccc2)c2ccc([N+](=O)[O-])cc12. The molecule has 8 heteroatoms. The predicted octanol–water partition coefficient (Wildman–Crippen LogP) is 3.61. The topological polar surface area (TPSA) is 82.7 Å². The summed E-state index contributed by atoms with van der Waals surface area (Å²) in [4.78, 5) is 12.8. The summed E-state index contributed by atoms with van der Waals surface area (Å²) in [5, 5.41) is 16.0. The predicted molar refractivity (Wildman–Crippen MR) is 117 cm³/mol. The molecule has 0 bridgehead atoms. The van der Waals surface area contributed by atoms with Crippen LogP contribution in [0.3, 0.4) is 0 Å². The van der Waals surface area contributed by atoms with E-state index in [9.17, 15) is 10.1 Å². The molecule has 0 saturated carbocycles. The minimum absolute atomic E-state index is 0.0148. The van der Waals surface area contributed by atoms with Crippen LogP contribution in [-0.2, 0) is 11.3 Å². The number of nitrogens with zero attached hydrogens (tertiary/aromatic N) is 4. The van der Waals surface area contributed by atoms with Gasteiger partial charge in [-0.25, -0.2) is 0 Å². The maximum absolute atomic E-state index is 11.0. The normalized spacial score (nSPS) is 11.6. The molecule has 0 atom stereocenters. The molecule has 0 radical (unpaired) electrons. The van der Waals surface area contributed by atoms with Crippen LogP contribution in [-0.4, -0.2) is 60.1 Å². The highest BCUT2D eigenvalue weighted by Gasteiger charge is 2.15. The molecule has 0 aliphatic heterocycles. The number of rotatable bonds is 11. The van der Waals surface area contributed by atoms with Crippen molar-refractivity contribution in [1.29, 1.82) is 0 Å². The van der Waals surface area contributed by atoms with Crippen molar-refractivity contribution in [3.05, 3.63) is 70.3 Å². The third kappa shape index (κ3) is 5.65. The van der Waals surface area contributed by atoms with Crippen LogP contribution < -0.4 is 4.74 Å². The molecule has 3 aromatic rings. The molecule has 3 rings (SSSR count). The Morgan fingerprint density at radius 2 is 2.00 bits per heavy atom. The van der Waals surface area contributed by atoms with Crippen molar-refractivity contribution in [2.45, 2.75) is 6.54 Å². The van der Waals surface area contributed by atoms with Crippen LogP contribution in [0.15, 0.2) is 54.6 Å². The molecule has 0 aliphatic rings. The molecule has 0 N–H and O–H groups in total. The van der Waals surface area contributed by atoms with E-state index in [0.29, 0.717) is 31.0 Å². The van der Waals surface area contributed by atoms with Crippen LogP contribution in [0.4, 0.5) is 5.69 Å². The highest BCUT2D eigenvalue weighted by atomic mass is 16.6. The van der Waals surface area contributed by atoms with E-state index in [4.69, 9.17) is 9.47 Å². The number of benzene rings is 2. The number of likely N-dealkylation sites (N-methyl/N-ethyl adjacent to an activating group) is 1. The first kappa shape index (κ1) is 21.5. The van der Waals surface area contributed by atoms with E-state index in [1.54, 1.807) is 10.7 Å². The minimum Gasteiger partial charge on any atom is -0.479 e. The smallest absolute Gasteiger partial charge is 0.270 e. The van der Waals surface area contributed by atoms with Gasteiger partial charge in [0.15, 0.2) is 0 Å². The number of aromatic nitrogens is 2. The van der Waals surface area contributed by atoms with Crippen molar-refractivity contribution in [3.8, 4) is 5.88 Å². The molecule has 0 unspecified atom stereocenters. The quantitative estimate of drug-likeness (QED) is 0.273. The molecule has 2 aromatic carbocycles. The van der Waals surface area contributed by atoms with E-state index in [2.05, 4.69) is 41.3 Å². The number of nitro benzene ring substituents is 1. The van der Waals surface area contributed by atoms with Crippen molar-refractivity contribution in [2.24, 2.45) is 0 Å². The van der Waals surface area contributed by atoms with Crippen LogP contribution in [0.2, 0.25) is 0 Å². The molecule has 1 aromatic heterocycles. The van der Waals surface area contributed by atoms with Gasteiger partial charge in [-0.05, 0) is 18.7 Å². The summed E-state index contributed by atoms with van der Waals surface area (Å²) in [6.45, 7) is 3.30. The molecular weight excluding hydrogens is 384 g/mol. The lowest BCUT2D eigenvalue weighted by molar-refractivity contribution is -0.384. The van der Waals surface area contributed by atoms with Crippen molar-refractivity contribution in [3.63, 3.8) is 0 Å². The number of methoxy groups -OCH3 is 1. The van der Waals surface area contributed by atoms with E-state index >= 15 is 0 Å². The van der Waals surface area contributed by atoms with Gasteiger partial charge in [0.1, 0.15) is 0 Å². The first-order chi connectivity index (χ1) is 14.6. The van der Waals surface area contributed by atoms with E-state index in [-0.39, 0.29) is 5.69 Å². The standard InChI is InChI=1S/C22H26N4O4/c1-24(12-6-9-18-7-4-3-5-8-18)13-15-30-16-14-25-21-11-10-19(26(27)28)17-20(21)22(23-25)29-2/h3-11,17H,12-16H2,1-2H3/b9-6+. The fourth-order valence-electron chi connectivity index (χ4n) is 3.07. The third-order valence-electron chi connectivity index (χ3n) is 4.70. The van der Waals surface area contributed by atoms with Crippen LogP contribution in [0, 0.1) is 10.1 Å². The van der Waals surface area contributed by atoms with Crippen LogP contribution >= 0.6 is 0 Å². The summed E-state index contributed by atoms with van der Waals surface area (Å²) < 4.78 is 12.8. The summed E-state index contributed by atoms with van der Waals surface area (Å²) in [6, 6.07) is 14.9. The Hall–Kier alpha value is -3.23. The largest absolute Gasteiger partial charge is 0.479 e. The number of fused-ring (bicyclic) bond motifs is 1. The van der Waals surface area contributed by atoms with Gasteiger partial charge in [0.05, 0.1) is 42.7 Å². The molecule has 0 spiro atoms. The lowest BCUT2D eigenvalue weighted by Crippen LogP contribution is -2.24. The summed E-state index contributed by atoms with van der Waals surface area (Å²) in [6.07, 6.45) is 4.24. The first-order valence-electron chi connectivity index (χ1n) is 9.75. The number of nitro groups is 1. The molecule has 158 valence electrons. The fourth-order valence-corrected chi connectivity index (χ4v) is 3.07. The van der Waals surface area contributed by atoms with Crippen LogP contribution in [0.1, 0.15) is 5.56 Å². The lowest BCUT2D eigenvalue weighted by Gasteiger charge is -2.14. The number of non-ortho nitro benzene ring substituents is 1. The monoisotopic (exact) mass is 410 g/mol. The molecule has 0 fully saturated rings. The van der Waals surface area contributed by atoms with E-state index in [0.717, 1.165) is 18.6 Å². The number of ether oxygens (including phenoxy) is 2. The second-order valence-electron chi connectivity index (χ2n) is 6.88. The lowest BCUT2D eigenvalue weighted by atomic mass is 10.2. The Balaban J connectivity index is 1.44. The highest BCUT2D eigenvalue weighted by Crippen LogP contribution is 2.28. The third-order valence-corrected chi connectivity index (χ3v) is 4.70. The average Bonchev–Trinajstić information content (AvgIpc) is 3.11. The molecule has 8 nitrogen and oxygen atoms in total. The Bertz CT molecular complexity index is 1000. The van der Waals surface area contributed by atoms with Gasteiger partial charge in [-0.3, -0.25) is 14.8 Å². The van der Waals surface area contributed by atoms with Gasteiger partial charge < -0.3 is 14.4 Å². The van der Waals surface area contributed by atoms with Gasteiger partial charge in [0.25, 0.3) is 5.69 Å². The Morgan fingerprint density at radius 3 is 2.73 bits per heavy atom. The molecule has 0 amide bonds. The van der Waals surface area contributed by atoms with Crippen molar-refractivity contribution < 1.29 is 14.4 Å². The summed E-state index contributed by atoms with van der Waals surface area (Å²) in [5.74, 6) is 0.374. The summed E-state index contributed by atoms with van der Waals surface area (Å²) >= 11 is 0. The Labute approximate surface area is 175 Å². The zero-order chi connectivity index (χ0) is 21.3. The fraction of sp³-hybridized carbons (Fsp3) is 0.318. The van der Waals surface area contributed by atoms with Gasteiger partial charge in [-0.15, -0.1) is 5.10 Å². The number of hydrogen-bond acceptors (Lipinski definition) is 6.